The van der Waals surface area contributed by atoms with Crippen LogP contribution < -0.4 is 5.73 Å². The molecule has 0 saturated carbocycles. The molecule has 0 amide bonds. The molecule has 12 heavy (non-hydrogen) atoms. The van der Waals surface area contributed by atoms with Crippen molar-refractivity contribution < 1.29 is 10.2 Å². The Hall–Kier alpha value is -0.930. The summed E-state index contributed by atoms with van der Waals surface area (Å²) in [4.78, 5) is 0. The topological polar surface area (TPSA) is 66.5 Å². The van der Waals surface area contributed by atoms with Crippen molar-refractivity contribution in [2.75, 3.05) is 0 Å². The van der Waals surface area contributed by atoms with E-state index in [-0.39, 0.29) is 23.1 Å². The molecule has 1 rings (SSSR count). The zero-order chi connectivity index (χ0) is 9.30. The molecule has 0 heterocycles. The van der Waals surface area contributed by atoms with Gasteiger partial charge in [0, 0.05) is 12.1 Å². The van der Waals surface area contributed by atoms with Crippen molar-refractivity contribution in [1.82, 2.24) is 0 Å². The van der Waals surface area contributed by atoms with E-state index in [1.807, 2.05) is 0 Å². The van der Waals surface area contributed by atoms with Gasteiger partial charge in [0.15, 0.2) is 0 Å². The van der Waals surface area contributed by atoms with Gasteiger partial charge in [-0.15, -0.1) is 0 Å². The molecular formula is C8H10ClNO2. The minimum atomic E-state index is -0.137. The molecule has 1 aromatic rings. The van der Waals surface area contributed by atoms with Crippen LogP contribution >= 0.6 is 11.6 Å². The first-order valence-corrected chi connectivity index (χ1v) is 3.85. The first kappa shape index (κ1) is 9.16. The highest BCUT2D eigenvalue weighted by molar-refractivity contribution is 6.33. The van der Waals surface area contributed by atoms with E-state index in [0.29, 0.717) is 11.1 Å². The molecule has 0 aromatic heterocycles. The Kier molecular flexibility index (Phi) is 2.45. The Morgan fingerprint density at radius 2 is 2.00 bits per heavy atom. The van der Waals surface area contributed by atoms with E-state index in [2.05, 4.69) is 0 Å². The molecule has 0 spiro atoms. The van der Waals surface area contributed by atoms with Crippen molar-refractivity contribution in [3.05, 3.63) is 22.2 Å². The van der Waals surface area contributed by atoms with Crippen LogP contribution in [0, 0.1) is 6.92 Å². The van der Waals surface area contributed by atoms with E-state index in [0.717, 1.165) is 0 Å². The van der Waals surface area contributed by atoms with Crippen molar-refractivity contribution in [2.45, 2.75) is 13.5 Å². The van der Waals surface area contributed by atoms with Crippen LogP contribution in [-0.4, -0.2) is 10.2 Å². The van der Waals surface area contributed by atoms with E-state index in [1.54, 1.807) is 13.0 Å². The standard InChI is InChI=1S/C8H10ClNO2/c1-4-2-5(3-10)8(12)6(9)7(4)11/h2,11-12H,3,10H2,1H3. The van der Waals surface area contributed by atoms with Gasteiger partial charge in [-0.1, -0.05) is 11.6 Å². The predicted molar refractivity (Wildman–Crippen MR) is 47.4 cm³/mol. The van der Waals surface area contributed by atoms with E-state index in [1.165, 1.54) is 0 Å². The largest absolute Gasteiger partial charge is 0.506 e. The van der Waals surface area contributed by atoms with Gasteiger partial charge in [-0.25, -0.2) is 0 Å². The monoisotopic (exact) mass is 187 g/mol. The molecule has 0 bridgehead atoms. The molecule has 0 saturated heterocycles. The molecule has 4 heteroatoms. The molecule has 0 aliphatic rings. The van der Waals surface area contributed by atoms with Gasteiger partial charge in [-0.3, -0.25) is 0 Å². The number of nitrogens with two attached hydrogens (primary N) is 1. The van der Waals surface area contributed by atoms with Gasteiger partial charge in [0.25, 0.3) is 0 Å². The van der Waals surface area contributed by atoms with Gasteiger partial charge in [-0.05, 0) is 18.6 Å². The second-order valence-corrected chi connectivity index (χ2v) is 2.95. The number of aromatic hydroxyl groups is 2. The highest BCUT2D eigenvalue weighted by atomic mass is 35.5. The van der Waals surface area contributed by atoms with Gasteiger partial charge in [0.05, 0.1) is 0 Å². The summed E-state index contributed by atoms with van der Waals surface area (Å²) in [5.74, 6) is -0.228. The molecule has 0 radical (unpaired) electrons. The second kappa shape index (κ2) is 3.21. The van der Waals surface area contributed by atoms with Crippen LogP contribution in [0.25, 0.3) is 0 Å². The van der Waals surface area contributed by atoms with Crippen molar-refractivity contribution in [3.63, 3.8) is 0 Å². The third-order valence-electron chi connectivity index (χ3n) is 1.70. The molecule has 0 atom stereocenters. The lowest BCUT2D eigenvalue weighted by Crippen LogP contribution is -1.97. The zero-order valence-corrected chi connectivity index (χ0v) is 7.39. The predicted octanol–water partition coefficient (Wildman–Crippen LogP) is 1.52. The lowest BCUT2D eigenvalue weighted by molar-refractivity contribution is 0.444. The Bertz CT molecular complexity index is 312. The van der Waals surface area contributed by atoms with Gasteiger partial charge in [0.2, 0.25) is 0 Å². The average Bonchev–Trinajstić information content (AvgIpc) is 2.08. The third-order valence-corrected chi connectivity index (χ3v) is 2.06. The smallest absolute Gasteiger partial charge is 0.142 e. The highest BCUT2D eigenvalue weighted by Crippen LogP contribution is 2.37. The first-order chi connectivity index (χ1) is 5.57. The Balaban J connectivity index is 3.39. The fraction of sp³-hybridized carbons (Fsp3) is 0.250. The fourth-order valence-corrected chi connectivity index (χ4v) is 1.25. The van der Waals surface area contributed by atoms with Crippen LogP contribution in [0.3, 0.4) is 0 Å². The summed E-state index contributed by atoms with van der Waals surface area (Å²) in [7, 11) is 0. The maximum absolute atomic E-state index is 9.33. The van der Waals surface area contributed by atoms with Gasteiger partial charge >= 0.3 is 0 Å². The highest BCUT2D eigenvalue weighted by Gasteiger charge is 2.11. The van der Waals surface area contributed by atoms with Crippen molar-refractivity contribution in [1.29, 1.82) is 0 Å². The summed E-state index contributed by atoms with van der Waals surface area (Å²) in [6.45, 7) is 1.90. The Morgan fingerprint density at radius 3 is 2.50 bits per heavy atom. The molecule has 0 aliphatic carbocycles. The number of rotatable bonds is 1. The van der Waals surface area contributed by atoms with Crippen LogP contribution in [0.5, 0.6) is 11.5 Å². The maximum Gasteiger partial charge on any atom is 0.142 e. The SMILES string of the molecule is Cc1cc(CN)c(O)c(Cl)c1O. The normalized spacial score (nSPS) is 10.2. The van der Waals surface area contributed by atoms with E-state index in [4.69, 9.17) is 17.3 Å². The maximum atomic E-state index is 9.33. The average molecular weight is 188 g/mol. The number of hydrogen-bond donors (Lipinski definition) is 3. The summed E-state index contributed by atoms with van der Waals surface area (Å²) >= 11 is 5.61. The van der Waals surface area contributed by atoms with Crippen molar-refractivity contribution in [3.8, 4) is 11.5 Å². The van der Waals surface area contributed by atoms with Crippen LogP contribution in [0.2, 0.25) is 5.02 Å². The fourth-order valence-electron chi connectivity index (χ4n) is 0.980. The lowest BCUT2D eigenvalue weighted by atomic mass is 10.1. The Labute approximate surface area is 75.4 Å². The molecule has 66 valence electrons. The van der Waals surface area contributed by atoms with Crippen LogP contribution in [0.1, 0.15) is 11.1 Å². The lowest BCUT2D eigenvalue weighted by Gasteiger charge is -2.07. The summed E-state index contributed by atoms with van der Waals surface area (Å²) in [5, 5.41) is 18.6. The number of phenolic OH excluding ortho intramolecular Hbond substituents is 2. The first-order valence-electron chi connectivity index (χ1n) is 3.48. The number of benzene rings is 1. The van der Waals surface area contributed by atoms with Crippen LogP contribution in [0.4, 0.5) is 0 Å². The summed E-state index contributed by atoms with van der Waals surface area (Å²) in [6.07, 6.45) is 0. The Morgan fingerprint density at radius 1 is 1.42 bits per heavy atom. The quantitative estimate of drug-likeness (QED) is 0.625. The second-order valence-electron chi connectivity index (χ2n) is 2.57. The molecular weight excluding hydrogens is 178 g/mol. The van der Waals surface area contributed by atoms with Crippen molar-refractivity contribution in [2.24, 2.45) is 5.73 Å². The minimum absolute atomic E-state index is 0.0320. The molecule has 3 nitrogen and oxygen atoms in total. The third kappa shape index (κ3) is 1.33. The molecule has 0 aliphatic heterocycles. The number of hydrogen-bond acceptors (Lipinski definition) is 3. The summed E-state index contributed by atoms with van der Waals surface area (Å²) in [5.41, 5.74) is 6.49. The van der Waals surface area contributed by atoms with E-state index >= 15 is 0 Å². The minimum Gasteiger partial charge on any atom is -0.506 e. The molecule has 1 aromatic carbocycles. The van der Waals surface area contributed by atoms with Crippen LogP contribution in [0.15, 0.2) is 6.07 Å². The van der Waals surface area contributed by atoms with Crippen molar-refractivity contribution >= 4 is 11.6 Å². The van der Waals surface area contributed by atoms with Gasteiger partial charge in [0.1, 0.15) is 16.5 Å². The number of aryl methyl sites for hydroxylation is 1. The zero-order valence-electron chi connectivity index (χ0n) is 6.63. The molecule has 0 unspecified atom stereocenters. The molecule has 0 fully saturated rings. The molecule has 4 N–H and O–H groups in total. The van der Waals surface area contributed by atoms with Gasteiger partial charge < -0.3 is 15.9 Å². The van der Waals surface area contributed by atoms with Gasteiger partial charge in [-0.2, -0.15) is 0 Å². The number of halogens is 1. The van der Waals surface area contributed by atoms with E-state index < -0.39 is 0 Å². The van der Waals surface area contributed by atoms with Crippen LogP contribution in [-0.2, 0) is 6.54 Å². The number of phenols is 2. The summed E-state index contributed by atoms with van der Waals surface area (Å²) in [6, 6.07) is 1.61. The van der Waals surface area contributed by atoms with E-state index in [9.17, 15) is 10.2 Å². The summed E-state index contributed by atoms with van der Waals surface area (Å²) < 4.78 is 0.